The molecule has 0 unspecified atom stereocenters. The maximum absolute atomic E-state index is 12.6. The molecule has 2 fully saturated rings. The number of carbonyl (C=O) groups is 2. The SMILES string of the molecule is O=C(c1cn2cccnc2n1)N1CCC(C(=O)N2CCCC2)CC1. The van der Waals surface area contributed by atoms with Crippen molar-refractivity contribution in [3.05, 3.63) is 30.4 Å². The van der Waals surface area contributed by atoms with Gasteiger partial charge in [0.05, 0.1) is 0 Å². The molecule has 2 aliphatic heterocycles. The van der Waals surface area contributed by atoms with Gasteiger partial charge in [0.25, 0.3) is 5.91 Å². The molecule has 0 aromatic carbocycles. The topological polar surface area (TPSA) is 70.8 Å². The van der Waals surface area contributed by atoms with E-state index in [1.54, 1.807) is 27.8 Å². The van der Waals surface area contributed by atoms with E-state index in [0.717, 1.165) is 38.8 Å². The van der Waals surface area contributed by atoms with Crippen LogP contribution < -0.4 is 0 Å². The number of aromatic nitrogens is 3. The lowest BCUT2D eigenvalue weighted by atomic mass is 9.95. The Morgan fingerprint density at radius 3 is 2.50 bits per heavy atom. The summed E-state index contributed by atoms with van der Waals surface area (Å²) >= 11 is 0. The highest BCUT2D eigenvalue weighted by Gasteiger charge is 2.32. The molecule has 4 heterocycles. The van der Waals surface area contributed by atoms with Crippen molar-refractivity contribution < 1.29 is 9.59 Å². The summed E-state index contributed by atoms with van der Waals surface area (Å²) in [6, 6.07) is 1.80. The van der Waals surface area contributed by atoms with Crippen LogP contribution >= 0.6 is 0 Å². The second-order valence-electron chi connectivity index (χ2n) is 6.55. The molecular formula is C17H21N5O2. The van der Waals surface area contributed by atoms with Gasteiger partial charge in [-0.3, -0.25) is 14.0 Å². The molecule has 7 nitrogen and oxygen atoms in total. The second-order valence-corrected chi connectivity index (χ2v) is 6.55. The van der Waals surface area contributed by atoms with Gasteiger partial charge in [-0.25, -0.2) is 9.97 Å². The number of nitrogens with zero attached hydrogens (tertiary/aromatic N) is 5. The molecule has 2 aromatic rings. The summed E-state index contributed by atoms with van der Waals surface area (Å²) in [5.74, 6) is 0.791. The lowest BCUT2D eigenvalue weighted by Crippen LogP contribution is -2.43. The number of hydrogen-bond donors (Lipinski definition) is 0. The van der Waals surface area contributed by atoms with E-state index in [0.29, 0.717) is 24.6 Å². The molecule has 0 radical (unpaired) electrons. The molecule has 2 aliphatic rings. The molecule has 7 heteroatoms. The van der Waals surface area contributed by atoms with E-state index < -0.39 is 0 Å². The van der Waals surface area contributed by atoms with Crippen LogP contribution in [0.3, 0.4) is 0 Å². The highest BCUT2D eigenvalue weighted by Crippen LogP contribution is 2.23. The predicted octanol–water partition coefficient (Wildman–Crippen LogP) is 1.20. The third-order valence-corrected chi connectivity index (χ3v) is 5.00. The van der Waals surface area contributed by atoms with Gasteiger partial charge in [-0.15, -0.1) is 0 Å². The van der Waals surface area contributed by atoms with E-state index in [9.17, 15) is 9.59 Å². The molecule has 2 saturated heterocycles. The van der Waals surface area contributed by atoms with E-state index in [2.05, 4.69) is 9.97 Å². The smallest absolute Gasteiger partial charge is 0.274 e. The molecule has 4 rings (SSSR count). The molecule has 24 heavy (non-hydrogen) atoms. The first-order valence-corrected chi connectivity index (χ1v) is 8.60. The highest BCUT2D eigenvalue weighted by atomic mass is 16.2. The molecule has 0 atom stereocenters. The Balaban J connectivity index is 1.39. The lowest BCUT2D eigenvalue weighted by molar-refractivity contribution is -0.135. The largest absolute Gasteiger partial charge is 0.342 e. The van der Waals surface area contributed by atoms with Crippen LogP contribution in [-0.2, 0) is 4.79 Å². The number of carbonyl (C=O) groups excluding carboxylic acids is 2. The van der Waals surface area contributed by atoms with Crippen LogP contribution in [0.2, 0.25) is 0 Å². The Hall–Kier alpha value is -2.44. The fourth-order valence-electron chi connectivity index (χ4n) is 3.62. The number of hydrogen-bond acceptors (Lipinski definition) is 4. The Kier molecular flexibility index (Phi) is 3.92. The van der Waals surface area contributed by atoms with Crippen LogP contribution in [-0.4, -0.2) is 62.2 Å². The van der Waals surface area contributed by atoms with Gasteiger partial charge in [0, 0.05) is 50.7 Å². The second kappa shape index (κ2) is 6.22. The molecule has 126 valence electrons. The summed E-state index contributed by atoms with van der Waals surface area (Å²) in [5, 5.41) is 0. The van der Waals surface area contributed by atoms with Gasteiger partial charge in [0.1, 0.15) is 5.69 Å². The van der Waals surface area contributed by atoms with E-state index in [4.69, 9.17) is 0 Å². The number of likely N-dealkylation sites (tertiary alicyclic amines) is 2. The fraction of sp³-hybridized carbons (Fsp3) is 0.529. The van der Waals surface area contributed by atoms with Crippen LogP contribution in [0.1, 0.15) is 36.2 Å². The minimum Gasteiger partial charge on any atom is -0.342 e. The number of piperidine rings is 1. The van der Waals surface area contributed by atoms with Crippen molar-refractivity contribution in [1.82, 2.24) is 24.2 Å². The van der Waals surface area contributed by atoms with E-state index in [-0.39, 0.29) is 17.7 Å². The molecule has 0 bridgehead atoms. The predicted molar refractivity (Wildman–Crippen MR) is 87.4 cm³/mol. The van der Waals surface area contributed by atoms with Crippen molar-refractivity contribution in [1.29, 1.82) is 0 Å². The summed E-state index contributed by atoms with van der Waals surface area (Å²) in [6.07, 6.45) is 8.92. The number of rotatable bonds is 2. The summed E-state index contributed by atoms with van der Waals surface area (Å²) in [7, 11) is 0. The normalized spacial score (nSPS) is 19.2. The highest BCUT2D eigenvalue weighted by molar-refractivity contribution is 5.93. The van der Waals surface area contributed by atoms with Crippen molar-refractivity contribution in [3.8, 4) is 0 Å². The minimum absolute atomic E-state index is 0.0647. The fourth-order valence-corrected chi connectivity index (χ4v) is 3.62. The first-order valence-electron chi connectivity index (χ1n) is 8.60. The first kappa shape index (κ1) is 15.1. The van der Waals surface area contributed by atoms with Crippen LogP contribution in [0.5, 0.6) is 0 Å². The molecule has 2 aromatic heterocycles. The Morgan fingerprint density at radius 1 is 1.04 bits per heavy atom. The van der Waals surface area contributed by atoms with Crippen molar-refractivity contribution in [3.63, 3.8) is 0 Å². The van der Waals surface area contributed by atoms with Crippen molar-refractivity contribution in [2.24, 2.45) is 5.92 Å². The third-order valence-electron chi connectivity index (χ3n) is 5.00. The average molecular weight is 327 g/mol. The first-order chi connectivity index (χ1) is 11.7. The lowest BCUT2D eigenvalue weighted by Gasteiger charge is -2.32. The summed E-state index contributed by atoms with van der Waals surface area (Å²) < 4.78 is 1.75. The van der Waals surface area contributed by atoms with E-state index in [1.165, 1.54) is 0 Å². The third kappa shape index (κ3) is 2.74. The molecule has 2 amide bonds. The Labute approximate surface area is 140 Å². The Morgan fingerprint density at radius 2 is 1.79 bits per heavy atom. The zero-order valence-corrected chi connectivity index (χ0v) is 13.6. The molecule has 0 saturated carbocycles. The average Bonchev–Trinajstić information content (AvgIpc) is 3.30. The van der Waals surface area contributed by atoms with Gasteiger partial charge in [0.2, 0.25) is 11.7 Å². The minimum atomic E-state index is -0.0763. The number of fused-ring (bicyclic) bond motifs is 1. The molecule has 0 spiro atoms. The van der Waals surface area contributed by atoms with Gasteiger partial charge in [0.15, 0.2) is 0 Å². The Bertz CT molecular complexity index is 724. The van der Waals surface area contributed by atoms with Crippen LogP contribution in [0.25, 0.3) is 5.78 Å². The standard InChI is InChI=1S/C17H21N5O2/c23-15(20-7-1-2-8-20)13-4-10-21(11-5-13)16(24)14-12-22-9-3-6-18-17(22)19-14/h3,6,9,12-13H,1-2,4-5,7-8,10-11H2. The summed E-state index contributed by atoms with van der Waals surface area (Å²) in [5.41, 5.74) is 0.415. The van der Waals surface area contributed by atoms with Gasteiger partial charge in [-0.1, -0.05) is 0 Å². The van der Waals surface area contributed by atoms with Gasteiger partial charge >= 0.3 is 0 Å². The zero-order valence-electron chi connectivity index (χ0n) is 13.6. The van der Waals surface area contributed by atoms with Crippen molar-refractivity contribution in [2.45, 2.75) is 25.7 Å². The summed E-state index contributed by atoms with van der Waals surface area (Å²) in [4.78, 5) is 37.3. The quantitative estimate of drug-likeness (QED) is 0.831. The van der Waals surface area contributed by atoms with Crippen LogP contribution in [0.15, 0.2) is 24.7 Å². The van der Waals surface area contributed by atoms with Crippen molar-refractivity contribution >= 4 is 17.6 Å². The zero-order chi connectivity index (χ0) is 16.5. The monoisotopic (exact) mass is 327 g/mol. The van der Waals surface area contributed by atoms with Crippen LogP contribution in [0.4, 0.5) is 0 Å². The molecular weight excluding hydrogens is 306 g/mol. The molecule has 0 aliphatic carbocycles. The van der Waals surface area contributed by atoms with Crippen LogP contribution in [0, 0.1) is 5.92 Å². The van der Waals surface area contributed by atoms with Gasteiger partial charge in [-0.05, 0) is 31.7 Å². The summed E-state index contributed by atoms with van der Waals surface area (Å²) in [6.45, 7) is 3.02. The molecule has 0 N–H and O–H groups in total. The maximum atomic E-state index is 12.6. The van der Waals surface area contributed by atoms with Crippen molar-refractivity contribution in [2.75, 3.05) is 26.2 Å². The van der Waals surface area contributed by atoms with Gasteiger partial charge in [-0.2, -0.15) is 0 Å². The van der Waals surface area contributed by atoms with Gasteiger partial charge < -0.3 is 9.80 Å². The van der Waals surface area contributed by atoms with E-state index >= 15 is 0 Å². The number of amides is 2. The van der Waals surface area contributed by atoms with E-state index in [1.807, 2.05) is 11.1 Å². The number of imidazole rings is 1. The maximum Gasteiger partial charge on any atom is 0.274 e.